The SMILES string of the molecule is O=[N+]([O-])/C=C/c1ccc2c(c1)CCO2. The van der Waals surface area contributed by atoms with E-state index in [-0.39, 0.29) is 0 Å². The summed E-state index contributed by atoms with van der Waals surface area (Å²) in [6, 6.07) is 5.58. The zero-order chi connectivity index (χ0) is 9.97. The third kappa shape index (κ3) is 1.74. The molecule has 1 aliphatic rings. The number of hydrogen-bond donors (Lipinski definition) is 0. The second kappa shape index (κ2) is 3.49. The molecule has 1 aromatic carbocycles. The number of nitro groups is 1. The van der Waals surface area contributed by atoms with Gasteiger partial charge in [0.15, 0.2) is 0 Å². The number of ether oxygens (including phenoxy) is 1. The molecule has 0 bridgehead atoms. The quantitative estimate of drug-likeness (QED) is 0.529. The fraction of sp³-hybridized carbons (Fsp3) is 0.200. The smallest absolute Gasteiger partial charge is 0.235 e. The minimum Gasteiger partial charge on any atom is -0.493 e. The van der Waals surface area contributed by atoms with Crippen molar-refractivity contribution in [2.75, 3.05) is 6.61 Å². The summed E-state index contributed by atoms with van der Waals surface area (Å²) in [7, 11) is 0. The zero-order valence-corrected chi connectivity index (χ0v) is 7.47. The van der Waals surface area contributed by atoms with Gasteiger partial charge in [0.05, 0.1) is 11.5 Å². The van der Waals surface area contributed by atoms with Crippen molar-refractivity contribution < 1.29 is 9.66 Å². The maximum absolute atomic E-state index is 10.1. The third-order valence-corrected chi connectivity index (χ3v) is 2.10. The maximum atomic E-state index is 10.1. The van der Waals surface area contributed by atoms with Crippen molar-refractivity contribution in [3.63, 3.8) is 0 Å². The van der Waals surface area contributed by atoms with E-state index in [1.807, 2.05) is 18.2 Å². The van der Waals surface area contributed by atoms with Crippen LogP contribution in [0.4, 0.5) is 0 Å². The number of fused-ring (bicyclic) bond motifs is 1. The molecule has 0 saturated heterocycles. The monoisotopic (exact) mass is 191 g/mol. The first-order valence-corrected chi connectivity index (χ1v) is 4.33. The molecule has 14 heavy (non-hydrogen) atoms. The van der Waals surface area contributed by atoms with E-state index < -0.39 is 4.92 Å². The molecule has 0 unspecified atom stereocenters. The molecule has 0 saturated carbocycles. The Morgan fingerprint density at radius 2 is 2.36 bits per heavy atom. The van der Waals surface area contributed by atoms with Gasteiger partial charge in [0.2, 0.25) is 6.20 Å². The summed E-state index contributed by atoms with van der Waals surface area (Å²) in [6.07, 6.45) is 3.31. The van der Waals surface area contributed by atoms with Crippen LogP contribution in [-0.2, 0) is 6.42 Å². The molecule has 0 aliphatic carbocycles. The summed E-state index contributed by atoms with van der Waals surface area (Å²) in [6.45, 7) is 0.706. The van der Waals surface area contributed by atoms with Gasteiger partial charge in [0, 0.05) is 12.5 Å². The van der Waals surface area contributed by atoms with Crippen LogP contribution < -0.4 is 4.74 Å². The summed E-state index contributed by atoms with van der Waals surface area (Å²) < 4.78 is 5.32. The van der Waals surface area contributed by atoms with Crippen LogP contribution in [0.5, 0.6) is 5.75 Å². The van der Waals surface area contributed by atoms with Gasteiger partial charge in [-0.2, -0.15) is 0 Å². The molecule has 1 heterocycles. The summed E-state index contributed by atoms with van der Waals surface area (Å²) in [5.41, 5.74) is 1.96. The Bertz CT molecular complexity index is 398. The molecule has 72 valence electrons. The first-order valence-electron chi connectivity index (χ1n) is 4.33. The highest BCUT2D eigenvalue weighted by atomic mass is 16.6. The minimum absolute atomic E-state index is 0.469. The Labute approximate surface area is 81.0 Å². The molecule has 0 radical (unpaired) electrons. The second-order valence-electron chi connectivity index (χ2n) is 3.07. The Kier molecular flexibility index (Phi) is 2.18. The van der Waals surface area contributed by atoms with Crippen LogP contribution in [0.2, 0.25) is 0 Å². The van der Waals surface area contributed by atoms with Crippen molar-refractivity contribution in [1.82, 2.24) is 0 Å². The summed E-state index contributed by atoms with van der Waals surface area (Å²) in [5, 5.41) is 10.1. The molecule has 4 heteroatoms. The van der Waals surface area contributed by atoms with E-state index in [9.17, 15) is 10.1 Å². The van der Waals surface area contributed by atoms with E-state index in [1.165, 1.54) is 6.08 Å². The van der Waals surface area contributed by atoms with Crippen molar-refractivity contribution in [2.45, 2.75) is 6.42 Å². The van der Waals surface area contributed by atoms with Gasteiger partial charge in [0.25, 0.3) is 0 Å². The van der Waals surface area contributed by atoms with E-state index >= 15 is 0 Å². The van der Waals surface area contributed by atoms with E-state index in [4.69, 9.17) is 4.74 Å². The lowest BCUT2D eigenvalue weighted by atomic mass is 10.1. The van der Waals surface area contributed by atoms with E-state index in [0.717, 1.165) is 29.5 Å². The van der Waals surface area contributed by atoms with Crippen LogP contribution in [-0.4, -0.2) is 11.5 Å². The molecule has 0 amide bonds. The van der Waals surface area contributed by atoms with Gasteiger partial charge in [0.1, 0.15) is 5.75 Å². The minimum atomic E-state index is -0.469. The van der Waals surface area contributed by atoms with E-state index in [0.29, 0.717) is 6.61 Å². The molecule has 0 fully saturated rings. The summed E-state index contributed by atoms with van der Waals surface area (Å²) in [4.78, 5) is 9.63. The van der Waals surface area contributed by atoms with Crippen LogP contribution in [0, 0.1) is 10.1 Å². The Morgan fingerprint density at radius 1 is 1.50 bits per heavy atom. The second-order valence-corrected chi connectivity index (χ2v) is 3.07. The maximum Gasteiger partial charge on any atom is 0.235 e. The number of nitrogens with zero attached hydrogens (tertiary/aromatic N) is 1. The molecule has 2 rings (SSSR count). The predicted molar refractivity (Wildman–Crippen MR) is 51.7 cm³/mol. The molecular weight excluding hydrogens is 182 g/mol. The van der Waals surface area contributed by atoms with Crippen molar-refractivity contribution in [3.8, 4) is 5.75 Å². The van der Waals surface area contributed by atoms with E-state index in [1.54, 1.807) is 0 Å². The highest BCUT2D eigenvalue weighted by Crippen LogP contribution is 2.26. The molecule has 0 spiro atoms. The van der Waals surface area contributed by atoms with Gasteiger partial charge in [-0.1, -0.05) is 6.07 Å². The number of rotatable bonds is 2. The fourth-order valence-electron chi connectivity index (χ4n) is 1.46. The van der Waals surface area contributed by atoms with Gasteiger partial charge in [-0.15, -0.1) is 0 Å². The molecule has 4 nitrogen and oxygen atoms in total. The topological polar surface area (TPSA) is 52.4 Å². The first kappa shape index (κ1) is 8.74. The Balaban J connectivity index is 2.25. The molecule has 0 aromatic heterocycles. The molecule has 1 aliphatic heterocycles. The molecule has 1 aromatic rings. The standard InChI is InChI=1S/C10H9NO3/c12-11(13)5-3-8-1-2-10-9(7-8)4-6-14-10/h1-3,5,7H,4,6H2/b5-3+. The van der Waals surface area contributed by atoms with Crippen LogP contribution in [0.25, 0.3) is 6.08 Å². The van der Waals surface area contributed by atoms with Crippen LogP contribution in [0.1, 0.15) is 11.1 Å². The van der Waals surface area contributed by atoms with Crippen molar-refractivity contribution in [2.24, 2.45) is 0 Å². The lowest BCUT2D eigenvalue weighted by molar-refractivity contribution is -0.400. The van der Waals surface area contributed by atoms with Gasteiger partial charge in [-0.05, 0) is 23.3 Å². The van der Waals surface area contributed by atoms with Gasteiger partial charge in [-0.3, -0.25) is 10.1 Å². The third-order valence-electron chi connectivity index (χ3n) is 2.10. The first-order chi connectivity index (χ1) is 6.75. The number of benzene rings is 1. The predicted octanol–water partition coefficient (Wildman–Crippen LogP) is 1.87. The fourth-order valence-corrected chi connectivity index (χ4v) is 1.46. The van der Waals surface area contributed by atoms with Gasteiger partial charge < -0.3 is 4.74 Å². The Morgan fingerprint density at radius 3 is 3.14 bits per heavy atom. The van der Waals surface area contributed by atoms with Crippen molar-refractivity contribution in [1.29, 1.82) is 0 Å². The van der Waals surface area contributed by atoms with Gasteiger partial charge >= 0.3 is 0 Å². The van der Waals surface area contributed by atoms with E-state index in [2.05, 4.69) is 0 Å². The van der Waals surface area contributed by atoms with Crippen molar-refractivity contribution >= 4 is 6.08 Å². The number of hydrogen-bond acceptors (Lipinski definition) is 3. The highest BCUT2D eigenvalue weighted by molar-refractivity contribution is 5.53. The largest absolute Gasteiger partial charge is 0.493 e. The Hall–Kier alpha value is -1.84. The lowest BCUT2D eigenvalue weighted by Gasteiger charge is -1.98. The highest BCUT2D eigenvalue weighted by Gasteiger charge is 2.11. The average Bonchev–Trinajstić information content (AvgIpc) is 2.61. The lowest BCUT2D eigenvalue weighted by Crippen LogP contribution is -1.85. The van der Waals surface area contributed by atoms with Crippen LogP contribution in [0.15, 0.2) is 24.4 Å². The molecule has 0 atom stereocenters. The zero-order valence-electron chi connectivity index (χ0n) is 7.47. The molecule has 0 N–H and O–H groups in total. The molecular formula is C10H9NO3. The summed E-state index contributed by atoms with van der Waals surface area (Å²) >= 11 is 0. The normalized spacial score (nSPS) is 14.0. The average molecular weight is 191 g/mol. The van der Waals surface area contributed by atoms with Crippen LogP contribution in [0.3, 0.4) is 0 Å². The van der Waals surface area contributed by atoms with Crippen molar-refractivity contribution in [3.05, 3.63) is 45.6 Å². The van der Waals surface area contributed by atoms with Gasteiger partial charge in [-0.25, -0.2) is 0 Å². The summed E-state index contributed by atoms with van der Waals surface area (Å²) in [5.74, 6) is 0.892. The van der Waals surface area contributed by atoms with Crippen LogP contribution >= 0.6 is 0 Å².